The molecular weight excluding hydrogens is 301 g/mol. The van der Waals surface area contributed by atoms with Gasteiger partial charge in [0, 0.05) is 6.20 Å². The number of hydrogen-bond donors (Lipinski definition) is 0. The number of rotatable bonds is 6. The number of pyridine rings is 1. The first-order valence-electron chi connectivity index (χ1n) is 6.91. The second-order valence-corrected chi connectivity index (χ2v) is 4.38. The summed E-state index contributed by atoms with van der Waals surface area (Å²) in [6, 6.07) is 5.84. The Balaban J connectivity index is 2.52. The van der Waals surface area contributed by atoms with Crippen molar-refractivity contribution in [2.75, 3.05) is 13.7 Å². The van der Waals surface area contributed by atoms with Crippen LogP contribution in [0.15, 0.2) is 37.0 Å². The summed E-state index contributed by atoms with van der Waals surface area (Å²) >= 11 is 0. The summed E-state index contributed by atoms with van der Waals surface area (Å²) in [6.45, 7) is 5.51. The fourth-order valence-electron chi connectivity index (χ4n) is 1.96. The predicted octanol–water partition coefficient (Wildman–Crippen LogP) is 3.84. The highest BCUT2D eigenvalue weighted by Gasteiger charge is 2.22. The molecule has 2 rings (SSSR count). The maximum Gasteiger partial charge on any atom is 0.344 e. The number of halogens is 1. The van der Waals surface area contributed by atoms with Crippen LogP contribution in [-0.2, 0) is 4.74 Å². The number of hydrogen-bond acceptors (Lipinski definition) is 5. The molecule has 0 atom stereocenters. The van der Waals surface area contributed by atoms with Crippen LogP contribution in [0.4, 0.5) is 4.39 Å². The van der Waals surface area contributed by atoms with Gasteiger partial charge in [-0.15, -0.1) is 0 Å². The zero-order valence-corrected chi connectivity index (χ0v) is 12.8. The molecule has 0 aliphatic heterocycles. The molecule has 0 fully saturated rings. The number of para-hydroxylation sites is 1. The van der Waals surface area contributed by atoms with E-state index in [0.29, 0.717) is 5.56 Å². The minimum Gasteiger partial charge on any atom is -0.493 e. The molecule has 0 radical (unpaired) electrons. The van der Waals surface area contributed by atoms with Gasteiger partial charge in [0.15, 0.2) is 11.6 Å². The van der Waals surface area contributed by atoms with Crippen molar-refractivity contribution >= 4 is 12.0 Å². The maximum absolute atomic E-state index is 14.0. The standard InChI is InChI=1S/C17H16FNO4/c1-4-11-9-10-19-16(14(11)17(20)22-5-2)23-15-12(18)7-6-8-13(15)21-3/h4,6-10H,1,5H2,2-3H3. The van der Waals surface area contributed by atoms with E-state index >= 15 is 0 Å². The topological polar surface area (TPSA) is 57.7 Å². The normalized spacial score (nSPS) is 10.0. The van der Waals surface area contributed by atoms with E-state index < -0.39 is 11.8 Å². The van der Waals surface area contributed by atoms with E-state index in [0.717, 1.165) is 0 Å². The lowest BCUT2D eigenvalue weighted by Gasteiger charge is -2.14. The van der Waals surface area contributed by atoms with E-state index in [2.05, 4.69) is 11.6 Å². The third kappa shape index (κ3) is 3.48. The summed E-state index contributed by atoms with van der Waals surface area (Å²) in [6.07, 6.45) is 2.90. The van der Waals surface area contributed by atoms with Crippen LogP contribution in [0.5, 0.6) is 17.4 Å². The minimum atomic E-state index is -0.634. The lowest BCUT2D eigenvalue weighted by atomic mass is 10.1. The first-order chi connectivity index (χ1) is 11.1. The number of methoxy groups -OCH3 is 1. The molecule has 1 aromatic carbocycles. The van der Waals surface area contributed by atoms with Gasteiger partial charge in [0.1, 0.15) is 5.56 Å². The van der Waals surface area contributed by atoms with E-state index in [4.69, 9.17) is 14.2 Å². The van der Waals surface area contributed by atoms with Crippen molar-refractivity contribution < 1.29 is 23.4 Å². The van der Waals surface area contributed by atoms with Crippen molar-refractivity contribution in [2.24, 2.45) is 0 Å². The van der Waals surface area contributed by atoms with E-state index in [-0.39, 0.29) is 29.5 Å². The van der Waals surface area contributed by atoms with Crippen LogP contribution in [0.1, 0.15) is 22.8 Å². The van der Waals surface area contributed by atoms with Gasteiger partial charge in [0.25, 0.3) is 0 Å². The summed E-state index contributed by atoms with van der Waals surface area (Å²) in [5.74, 6) is -1.31. The van der Waals surface area contributed by atoms with Crippen molar-refractivity contribution in [3.05, 3.63) is 54.0 Å². The number of carbonyl (C=O) groups excluding carboxylic acids is 1. The summed E-state index contributed by atoms with van der Waals surface area (Å²) in [7, 11) is 1.39. The molecule has 0 bridgehead atoms. The fourth-order valence-corrected chi connectivity index (χ4v) is 1.96. The highest BCUT2D eigenvalue weighted by molar-refractivity contribution is 5.96. The Kier molecular flexibility index (Phi) is 5.30. The largest absolute Gasteiger partial charge is 0.493 e. The molecule has 0 amide bonds. The number of benzene rings is 1. The van der Waals surface area contributed by atoms with Gasteiger partial charge < -0.3 is 14.2 Å². The SMILES string of the molecule is C=Cc1ccnc(Oc2c(F)cccc2OC)c1C(=O)OCC. The van der Waals surface area contributed by atoms with Crippen molar-refractivity contribution in [1.29, 1.82) is 0 Å². The van der Waals surface area contributed by atoms with Crippen LogP contribution in [0.3, 0.4) is 0 Å². The molecule has 6 heteroatoms. The number of ether oxygens (including phenoxy) is 3. The number of carbonyl (C=O) groups is 1. The second-order valence-electron chi connectivity index (χ2n) is 4.38. The van der Waals surface area contributed by atoms with Gasteiger partial charge in [-0.2, -0.15) is 0 Å². The van der Waals surface area contributed by atoms with Gasteiger partial charge in [-0.25, -0.2) is 14.2 Å². The molecule has 0 aliphatic carbocycles. The molecule has 0 saturated carbocycles. The molecule has 120 valence electrons. The average molecular weight is 317 g/mol. The van der Waals surface area contributed by atoms with Crippen LogP contribution >= 0.6 is 0 Å². The van der Waals surface area contributed by atoms with Gasteiger partial charge in [0.05, 0.1) is 13.7 Å². The van der Waals surface area contributed by atoms with Crippen LogP contribution in [0, 0.1) is 5.82 Å². The maximum atomic E-state index is 14.0. The van der Waals surface area contributed by atoms with Gasteiger partial charge in [0.2, 0.25) is 11.6 Å². The molecule has 0 saturated heterocycles. The van der Waals surface area contributed by atoms with Crippen LogP contribution in [-0.4, -0.2) is 24.7 Å². The molecule has 0 N–H and O–H groups in total. The number of aromatic nitrogens is 1. The highest BCUT2D eigenvalue weighted by Crippen LogP contribution is 2.35. The lowest BCUT2D eigenvalue weighted by molar-refractivity contribution is 0.0522. The minimum absolute atomic E-state index is 0.0784. The Morgan fingerprint density at radius 3 is 2.83 bits per heavy atom. The van der Waals surface area contributed by atoms with Crippen LogP contribution in [0.2, 0.25) is 0 Å². The van der Waals surface area contributed by atoms with E-state index in [1.807, 2.05) is 0 Å². The van der Waals surface area contributed by atoms with E-state index in [9.17, 15) is 9.18 Å². The van der Waals surface area contributed by atoms with Crippen molar-refractivity contribution in [3.63, 3.8) is 0 Å². The summed E-state index contributed by atoms with van der Waals surface area (Å²) < 4.78 is 29.6. The number of nitrogens with zero attached hydrogens (tertiary/aromatic N) is 1. The monoisotopic (exact) mass is 317 g/mol. The van der Waals surface area contributed by atoms with E-state index in [1.165, 1.54) is 31.5 Å². The van der Waals surface area contributed by atoms with Crippen molar-refractivity contribution in [3.8, 4) is 17.4 Å². The molecule has 1 heterocycles. The predicted molar refractivity (Wildman–Crippen MR) is 83.3 cm³/mol. The first kappa shape index (κ1) is 16.5. The molecule has 1 aromatic heterocycles. The Morgan fingerprint density at radius 1 is 1.39 bits per heavy atom. The molecule has 23 heavy (non-hydrogen) atoms. The average Bonchev–Trinajstić information content (AvgIpc) is 2.56. The fraction of sp³-hybridized carbons (Fsp3) is 0.176. The molecule has 2 aromatic rings. The third-order valence-electron chi connectivity index (χ3n) is 3.00. The second kappa shape index (κ2) is 7.40. The van der Waals surface area contributed by atoms with E-state index in [1.54, 1.807) is 19.1 Å². The number of esters is 1. The third-order valence-corrected chi connectivity index (χ3v) is 3.00. The molecule has 5 nitrogen and oxygen atoms in total. The van der Waals surface area contributed by atoms with Crippen molar-refractivity contribution in [2.45, 2.75) is 6.92 Å². The molecule has 0 unspecified atom stereocenters. The summed E-state index contributed by atoms with van der Waals surface area (Å²) in [5, 5.41) is 0. The summed E-state index contributed by atoms with van der Waals surface area (Å²) in [5.41, 5.74) is 0.554. The van der Waals surface area contributed by atoms with Crippen LogP contribution < -0.4 is 9.47 Å². The highest BCUT2D eigenvalue weighted by atomic mass is 19.1. The Bertz CT molecular complexity index is 731. The zero-order valence-electron chi connectivity index (χ0n) is 12.8. The molecule has 0 aliphatic rings. The van der Waals surface area contributed by atoms with Gasteiger partial charge in [-0.3, -0.25) is 0 Å². The molecular formula is C17H16FNO4. The summed E-state index contributed by atoms with van der Waals surface area (Å²) in [4.78, 5) is 16.2. The Labute approximate surface area is 133 Å². The Morgan fingerprint density at radius 2 is 2.17 bits per heavy atom. The lowest BCUT2D eigenvalue weighted by Crippen LogP contribution is -2.10. The van der Waals surface area contributed by atoms with Gasteiger partial charge in [-0.1, -0.05) is 18.7 Å². The Hall–Kier alpha value is -2.89. The van der Waals surface area contributed by atoms with Crippen LogP contribution in [0.25, 0.3) is 6.08 Å². The first-order valence-corrected chi connectivity index (χ1v) is 6.91. The molecule has 0 spiro atoms. The van der Waals surface area contributed by atoms with Gasteiger partial charge in [-0.05, 0) is 30.7 Å². The van der Waals surface area contributed by atoms with Crippen molar-refractivity contribution in [1.82, 2.24) is 4.98 Å². The quantitative estimate of drug-likeness (QED) is 0.758. The van der Waals surface area contributed by atoms with Gasteiger partial charge >= 0.3 is 5.97 Å². The zero-order chi connectivity index (χ0) is 16.8. The smallest absolute Gasteiger partial charge is 0.344 e.